The molecule has 0 radical (unpaired) electrons. The van der Waals surface area contributed by atoms with Gasteiger partial charge in [-0.2, -0.15) is 18.3 Å². The highest BCUT2D eigenvalue weighted by molar-refractivity contribution is 5.95. The van der Waals surface area contributed by atoms with Crippen molar-refractivity contribution in [2.75, 3.05) is 5.32 Å². The normalized spacial score (nSPS) is 12.5. The Bertz CT molecular complexity index is 1240. The number of carboxylic acids is 1. The van der Waals surface area contributed by atoms with Crippen molar-refractivity contribution >= 4 is 17.6 Å². The quantitative estimate of drug-likeness (QED) is 0.323. The Kier molecular flexibility index (Phi) is 8.18. The van der Waals surface area contributed by atoms with E-state index < -0.39 is 23.6 Å². The number of nitrogens with one attached hydrogen (secondary N) is 2. The van der Waals surface area contributed by atoms with Gasteiger partial charge in [0.2, 0.25) is 0 Å². The molecule has 0 aliphatic carbocycles. The molecule has 2 aromatic carbocycles. The summed E-state index contributed by atoms with van der Waals surface area (Å²) in [4.78, 5) is 22.7. The van der Waals surface area contributed by atoms with Gasteiger partial charge < -0.3 is 15.7 Å². The summed E-state index contributed by atoms with van der Waals surface area (Å²) in [5.41, 5.74) is 3.48. The number of aliphatic carboxylic acids is 1. The molecule has 1 atom stereocenters. The van der Waals surface area contributed by atoms with Gasteiger partial charge in [0.25, 0.3) is 5.91 Å². The number of halogens is 3. The van der Waals surface area contributed by atoms with Gasteiger partial charge >= 0.3 is 12.1 Å². The first-order chi connectivity index (χ1) is 17.0. The number of anilines is 1. The SMILES string of the molecule is CCCC(Nc1cc(C)c(-n2cc(C(F)(F)F)cn2)c(C)c1)c1ccc(C(=O)NC=CC(=O)O)cc1. The monoisotopic (exact) mass is 500 g/mol. The number of nitrogens with zero attached hydrogens (tertiary/aromatic N) is 2. The molecule has 3 rings (SSSR count). The van der Waals surface area contributed by atoms with E-state index in [1.807, 2.05) is 38.1 Å². The van der Waals surface area contributed by atoms with Gasteiger partial charge in [-0.15, -0.1) is 0 Å². The number of carbonyl (C=O) groups is 2. The average molecular weight is 501 g/mol. The van der Waals surface area contributed by atoms with Crippen LogP contribution in [0.3, 0.4) is 0 Å². The van der Waals surface area contributed by atoms with Crippen molar-refractivity contribution in [1.82, 2.24) is 15.1 Å². The Morgan fingerprint density at radius 1 is 1.14 bits per heavy atom. The van der Waals surface area contributed by atoms with Crippen molar-refractivity contribution in [1.29, 1.82) is 0 Å². The van der Waals surface area contributed by atoms with Crippen molar-refractivity contribution in [2.24, 2.45) is 0 Å². The molecule has 0 saturated carbocycles. The van der Waals surface area contributed by atoms with Crippen LogP contribution in [0.25, 0.3) is 5.69 Å². The molecule has 0 fully saturated rings. The Hall–Kier alpha value is -4.08. The van der Waals surface area contributed by atoms with E-state index in [4.69, 9.17) is 5.11 Å². The number of aryl methyl sites for hydroxylation is 2. The highest BCUT2D eigenvalue weighted by Crippen LogP contribution is 2.32. The highest BCUT2D eigenvalue weighted by Gasteiger charge is 2.32. The molecule has 10 heteroatoms. The van der Waals surface area contributed by atoms with Crippen LogP contribution in [0.4, 0.5) is 18.9 Å². The van der Waals surface area contributed by atoms with E-state index in [-0.39, 0.29) is 6.04 Å². The van der Waals surface area contributed by atoms with Gasteiger partial charge in [-0.1, -0.05) is 25.5 Å². The van der Waals surface area contributed by atoms with Crippen LogP contribution >= 0.6 is 0 Å². The number of carbonyl (C=O) groups excluding carboxylic acids is 1. The van der Waals surface area contributed by atoms with Crippen molar-refractivity contribution in [3.05, 3.63) is 88.9 Å². The zero-order valence-electron chi connectivity index (χ0n) is 20.1. The predicted octanol–water partition coefficient (Wildman–Crippen LogP) is 5.79. The summed E-state index contributed by atoms with van der Waals surface area (Å²) in [5.74, 6) is -1.58. The van der Waals surface area contributed by atoms with Gasteiger partial charge in [0.05, 0.1) is 23.5 Å². The number of aromatic nitrogens is 2. The summed E-state index contributed by atoms with van der Waals surface area (Å²) in [6.45, 7) is 5.70. The summed E-state index contributed by atoms with van der Waals surface area (Å²) in [6.07, 6.45) is 0.947. The van der Waals surface area contributed by atoms with Gasteiger partial charge in [0, 0.05) is 29.7 Å². The topological polar surface area (TPSA) is 96.3 Å². The molecule has 1 aromatic heterocycles. The maximum atomic E-state index is 13.0. The van der Waals surface area contributed by atoms with E-state index in [1.54, 1.807) is 12.1 Å². The summed E-state index contributed by atoms with van der Waals surface area (Å²) < 4.78 is 40.3. The van der Waals surface area contributed by atoms with Crippen LogP contribution in [0, 0.1) is 13.8 Å². The molecule has 3 N–H and O–H groups in total. The molecule has 1 amide bonds. The van der Waals surface area contributed by atoms with Crippen LogP contribution in [0.5, 0.6) is 0 Å². The molecule has 190 valence electrons. The largest absolute Gasteiger partial charge is 0.478 e. The molecule has 3 aromatic rings. The lowest BCUT2D eigenvalue weighted by Gasteiger charge is -2.22. The lowest BCUT2D eigenvalue weighted by atomic mass is 9.99. The number of hydrogen-bond acceptors (Lipinski definition) is 4. The summed E-state index contributed by atoms with van der Waals surface area (Å²) >= 11 is 0. The number of alkyl halides is 3. The van der Waals surface area contributed by atoms with E-state index in [2.05, 4.69) is 22.7 Å². The van der Waals surface area contributed by atoms with E-state index in [0.29, 0.717) is 11.3 Å². The van der Waals surface area contributed by atoms with Crippen molar-refractivity contribution in [3.63, 3.8) is 0 Å². The fourth-order valence-electron chi connectivity index (χ4n) is 3.94. The lowest BCUT2D eigenvalue weighted by molar-refractivity contribution is -0.137. The second-order valence-electron chi connectivity index (χ2n) is 8.38. The smallest absolute Gasteiger partial charge is 0.419 e. The summed E-state index contributed by atoms with van der Waals surface area (Å²) in [7, 11) is 0. The molecule has 36 heavy (non-hydrogen) atoms. The van der Waals surface area contributed by atoms with Gasteiger partial charge in [-0.25, -0.2) is 9.48 Å². The molecule has 0 saturated heterocycles. The predicted molar refractivity (Wildman–Crippen MR) is 130 cm³/mol. The van der Waals surface area contributed by atoms with Crippen LogP contribution in [0.2, 0.25) is 0 Å². The minimum Gasteiger partial charge on any atom is -0.478 e. The third-order valence-electron chi connectivity index (χ3n) is 5.56. The Morgan fingerprint density at radius 2 is 1.78 bits per heavy atom. The molecule has 0 aliphatic heterocycles. The Morgan fingerprint density at radius 3 is 2.31 bits per heavy atom. The molecule has 1 unspecified atom stereocenters. The minimum absolute atomic E-state index is 0.0646. The third-order valence-corrected chi connectivity index (χ3v) is 5.56. The molecule has 0 bridgehead atoms. The van der Waals surface area contributed by atoms with Crippen molar-refractivity contribution in [3.8, 4) is 5.69 Å². The first kappa shape index (κ1) is 26.5. The van der Waals surface area contributed by atoms with Crippen LogP contribution in [0.1, 0.15) is 58.4 Å². The molecule has 0 aliphatic rings. The molecular formula is C26H27F3N4O3. The zero-order chi connectivity index (χ0) is 26.5. The maximum absolute atomic E-state index is 13.0. The Labute approximate surface area is 206 Å². The lowest BCUT2D eigenvalue weighted by Crippen LogP contribution is -2.18. The standard InChI is InChI=1S/C26H27F3N4O3/c1-4-5-22(18-6-8-19(9-7-18)25(36)30-11-10-23(34)35)32-21-12-16(2)24(17(3)13-21)33-15-20(14-31-33)26(27,28)29/h6-15,22,32H,4-5H2,1-3H3,(H,30,36)(H,34,35). The van der Waals surface area contributed by atoms with E-state index in [9.17, 15) is 22.8 Å². The molecule has 7 nitrogen and oxygen atoms in total. The van der Waals surface area contributed by atoms with E-state index in [0.717, 1.165) is 59.9 Å². The number of rotatable bonds is 9. The first-order valence-electron chi connectivity index (χ1n) is 11.3. The summed E-state index contributed by atoms with van der Waals surface area (Å²) in [5, 5.41) is 18.4. The third kappa shape index (κ3) is 6.53. The highest BCUT2D eigenvalue weighted by atomic mass is 19.4. The van der Waals surface area contributed by atoms with Gasteiger partial charge in [-0.05, 0) is 61.2 Å². The minimum atomic E-state index is -4.46. The van der Waals surface area contributed by atoms with Crippen LogP contribution < -0.4 is 10.6 Å². The first-order valence-corrected chi connectivity index (χ1v) is 11.3. The van der Waals surface area contributed by atoms with Crippen molar-refractivity contribution in [2.45, 2.75) is 45.8 Å². The van der Waals surface area contributed by atoms with E-state index in [1.165, 1.54) is 4.68 Å². The number of hydrogen-bond donors (Lipinski definition) is 3. The maximum Gasteiger partial charge on any atom is 0.419 e. The molecular weight excluding hydrogens is 473 g/mol. The fraction of sp³-hybridized carbons (Fsp3) is 0.269. The van der Waals surface area contributed by atoms with Gasteiger partial charge in [0.1, 0.15) is 0 Å². The molecule has 1 heterocycles. The fourth-order valence-corrected chi connectivity index (χ4v) is 3.94. The average Bonchev–Trinajstić information content (AvgIpc) is 3.28. The zero-order valence-corrected chi connectivity index (χ0v) is 20.1. The van der Waals surface area contributed by atoms with E-state index >= 15 is 0 Å². The van der Waals surface area contributed by atoms with Crippen LogP contribution in [-0.4, -0.2) is 26.8 Å². The summed E-state index contributed by atoms with van der Waals surface area (Å²) in [6, 6.07) is 10.7. The number of carboxylic acid groups (broad SMARTS) is 1. The number of benzene rings is 2. The number of amides is 1. The van der Waals surface area contributed by atoms with Crippen LogP contribution in [0.15, 0.2) is 61.1 Å². The second-order valence-corrected chi connectivity index (χ2v) is 8.38. The van der Waals surface area contributed by atoms with Crippen LogP contribution in [-0.2, 0) is 11.0 Å². The Balaban J connectivity index is 1.80. The van der Waals surface area contributed by atoms with Gasteiger partial charge in [0.15, 0.2) is 0 Å². The second kappa shape index (κ2) is 11.1. The van der Waals surface area contributed by atoms with Crippen molar-refractivity contribution < 1.29 is 27.9 Å². The molecule has 0 spiro atoms. The van der Waals surface area contributed by atoms with Gasteiger partial charge in [-0.3, -0.25) is 4.79 Å².